The van der Waals surface area contributed by atoms with Gasteiger partial charge in [0, 0.05) is 17.3 Å². The number of pyridine rings is 1. The topological polar surface area (TPSA) is 34.1 Å². The fraction of sp³-hybridized carbons (Fsp3) is 0.312. The number of nitrogens with one attached hydrogen (secondary N) is 1. The first-order valence-corrected chi connectivity index (χ1v) is 7.15. The Bertz CT molecular complexity index is 542. The molecule has 4 heteroatoms. The van der Waals surface area contributed by atoms with E-state index in [0.29, 0.717) is 12.5 Å². The molecule has 0 aliphatic heterocycles. The highest BCUT2D eigenvalue weighted by Gasteiger charge is 2.08. The molecule has 0 radical (unpaired) electrons. The maximum absolute atomic E-state index is 5.89. The molecule has 1 heterocycles. The van der Waals surface area contributed by atoms with Crippen molar-refractivity contribution in [2.45, 2.75) is 26.3 Å². The van der Waals surface area contributed by atoms with E-state index in [-0.39, 0.29) is 6.04 Å². The van der Waals surface area contributed by atoms with Crippen LogP contribution in [0.4, 0.5) is 5.69 Å². The van der Waals surface area contributed by atoms with Crippen molar-refractivity contribution < 1.29 is 4.74 Å². The number of ether oxygens (including phenoxy) is 1. The summed E-state index contributed by atoms with van der Waals surface area (Å²) in [5, 5.41) is 4.20. The van der Waals surface area contributed by atoms with Crippen LogP contribution in [0.5, 0.6) is 5.88 Å². The molecule has 1 unspecified atom stereocenters. The molecule has 0 spiro atoms. The molecule has 0 amide bonds. The minimum absolute atomic E-state index is 0.277. The normalized spacial score (nSPS) is 11.9. The Kier molecular flexibility index (Phi) is 5.24. The summed E-state index contributed by atoms with van der Waals surface area (Å²) in [6.07, 6.45) is 2.65. The first-order valence-electron chi connectivity index (χ1n) is 6.78. The molecule has 20 heavy (non-hydrogen) atoms. The molecule has 0 bridgehead atoms. The van der Waals surface area contributed by atoms with Crippen LogP contribution in [0, 0.1) is 0 Å². The lowest BCUT2D eigenvalue weighted by Gasteiger charge is -2.17. The zero-order valence-electron chi connectivity index (χ0n) is 11.8. The van der Waals surface area contributed by atoms with E-state index in [9.17, 15) is 0 Å². The number of nitrogens with zero attached hydrogens (tertiary/aromatic N) is 1. The molecule has 1 N–H and O–H groups in total. The third-order valence-corrected chi connectivity index (χ3v) is 3.16. The Balaban J connectivity index is 2.00. The summed E-state index contributed by atoms with van der Waals surface area (Å²) in [6.45, 7) is 4.70. The van der Waals surface area contributed by atoms with Crippen molar-refractivity contribution in [2.24, 2.45) is 0 Å². The number of hydrogen-bond donors (Lipinski definition) is 1. The van der Waals surface area contributed by atoms with Crippen molar-refractivity contribution >= 4 is 17.3 Å². The quantitative estimate of drug-likeness (QED) is 0.867. The SMILES string of the molecule is CCOc1ncccc1NC(C)Cc1ccc(Cl)cc1. The summed E-state index contributed by atoms with van der Waals surface area (Å²) < 4.78 is 5.51. The Labute approximate surface area is 124 Å². The highest BCUT2D eigenvalue weighted by Crippen LogP contribution is 2.22. The van der Waals surface area contributed by atoms with Gasteiger partial charge in [-0.3, -0.25) is 0 Å². The average Bonchev–Trinajstić information content (AvgIpc) is 2.44. The van der Waals surface area contributed by atoms with E-state index in [1.165, 1.54) is 5.56 Å². The third kappa shape index (κ3) is 4.14. The standard InChI is InChI=1S/C16H19ClN2O/c1-3-20-16-15(5-4-10-18-16)19-12(2)11-13-6-8-14(17)9-7-13/h4-10,12,19H,3,11H2,1-2H3. The van der Waals surface area contributed by atoms with Gasteiger partial charge in [0.15, 0.2) is 0 Å². The van der Waals surface area contributed by atoms with E-state index in [1.807, 2.05) is 43.3 Å². The van der Waals surface area contributed by atoms with Crippen molar-refractivity contribution in [2.75, 3.05) is 11.9 Å². The second-order valence-electron chi connectivity index (χ2n) is 4.67. The lowest BCUT2D eigenvalue weighted by Crippen LogP contribution is -2.19. The zero-order chi connectivity index (χ0) is 14.4. The fourth-order valence-corrected chi connectivity index (χ4v) is 2.17. The Morgan fingerprint density at radius 3 is 2.70 bits per heavy atom. The van der Waals surface area contributed by atoms with Crippen molar-refractivity contribution in [3.05, 3.63) is 53.2 Å². The van der Waals surface area contributed by atoms with Gasteiger partial charge >= 0.3 is 0 Å². The molecule has 3 nitrogen and oxygen atoms in total. The molecule has 1 aromatic heterocycles. The van der Waals surface area contributed by atoms with Crippen LogP contribution in [0.2, 0.25) is 5.02 Å². The lowest BCUT2D eigenvalue weighted by atomic mass is 10.1. The maximum atomic E-state index is 5.89. The smallest absolute Gasteiger partial charge is 0.237 e. The van der Waals surface area contributed by atoms with Gasteiger partial charge in [-0.05, 0) is 50.1 Å². The van der Waals surface area contributed by atoms with Crippen LogP contribution in [0.1, 0.15) is 19.4 Å². The van der Waals surface area contributed by atoms with Crippen LogP contribution in [-0.4, -0.2) is 17.6 Å². The minimum atomic E-state index is 0.277. The Hall–Kier alpha value is -1.74. The number of anilines is 1. The van der Waals surface area contributed by atoms with Crippen LogP contribution in [-0.2, 0) is 6.42 Å². The van der Waals surface area contributed by atoms with Gasteiger partial charge in [-0.25, -0.2) is 4.98 Å². The van der Waals surface area contributed by atoms with E-state index < -0.39 is 0 Å². The van der Waals surface area contributed by atoms with E-state index in [1.54, 1.807) is 6.20 Å². The molecule has 1 atom stereocenters. The number of halogens is 1. The highest BCUT2D eigenvalue weighted by molar-refractivity contribution is 6.30. The van der Waals surface area contributed by atoms with Crippen LogP contribution >= 0.6 is 11.6 Å². The maximum Gasteiger partial charge on any atom is 0.237 e. The van der Waals surface area contributed by atoms with Gasteiger partial charge in [-0.1, -0.05) is 23.7 Å². The second kappa shape index (κ2) is 7.15. The van der Waals surface area contributed by atoms with Crippen molar-refractivity contribution in [1.82, 2.24) is 4.98 Å². The van der Waals surface area contributed by atoms with Gasteiger partial charge in [-0.2, -0.15) is 0 Å². The summed E-state index contributed by atoms with van der Waals surface area (Å²) >= 11 is 5.89. The Morgan fingerprint density at radius 1 is 1.25 bits per heavy atom. The van der Waals surface area contributed by atoms with Gasteiger partial charge in [0.2, 0.25) is 5.88 Å². The predicted molar refractivity (Wildman–Crippen MR) is 83.6 cm³/mol. The Morgan fingerprint density at radius 2 is 2.00 bits per heavy atom. The van der Waals surface area contributed by atoms with Crippen molar-refractivity contribution in [3.8, 4) is 5.88 Å². The average molecular weight is 291 g/mol. The van der Waals surface area contributed by atoms with E-state index in [2.05, 4.69) is 17.2 Å². The van der Waals surface area contributed by atoms with Crippen LogP contribution in [0.25, 0.3) is 0 Å². The second-order valence-corrected chi connectivity index (χ2v) is 5.10. The van der Waals surface area contributed by atoms with Crippen LogP contribution < -0.4 is 10.1 Å². The summed E-state index contributed by atoms with van der Waals surface area (Å²) in [5.74, 6) is 0.651. The van der Waals surface area contributed by atoms with Gasteiger partial charge in [0.1, 0.15) is 0 Å². The zero-order valence-corrected chi connectivity index (χ0v) is 12.5. The van der Waals surface area contributed by atoms with Gasteiger partial charge in [0.25, 0.3) is 0 Å². The van der Waals surface area contributed by atoms with E-state index in [4.69, 9.17) is 16.3 Å². The molecular formula is C16H19ClN2O. The largest absolute Gasteiger partial charge is 0.476 e. The monoisotopic (exact) mass is 290 g/mol. The summed E-state index contributed by atoms with van der Waals surface area (Å²) in [4.78, 5) is 4.24. The van der Waals surface area contributed by atoms with Crippen LogP contribution in [0.15, 0.2) is 42.6 Å². The molecule has 2 rings (SSSR count). The van der Waals surface area contributed by atoms with Crippen LogP contribution in [0.3, 0.4) is 0 Å². The first-order chi connectivity index (χ1) is 9.69. The summed E-state index contributed by atoms with van der Waals surface area (Å²) in [5.41, 5.74) is 2.17. The highest BCUT2D eigenvalue weighted by atomic mass is 35.5. The van der Waals surface area contributed by atoms with Crippen molar-refractivity contribution in [3.63, 3.8) is 0 Å². The molecule has 0 fully saturated rings. The molecule has 106 valence electrons. The van der Waals surface area contributed by atoms with Gasteiger partial charge < -0.3 is 10.1 Å². The number of aromatic nitrogens is 1. The van der Waals surface area contributed by atoms with E-state index in [0.717, 1.165) is 17.1 Å². The molecule has 1 aromatic carbocycles. The number of rotatable bonds is 6. The molecule has 0 saturated heterocycles. The fourth-order valence-electron chi connectivity index (χ4n) is 2.04. The van der Waals surface area contributed by atoms with Gasteiger partial charge in [-0.15, -0.1) is 0 Å². The predicted octanol–water partition coefficient (Wildman–Crippen LogP) is 4.18. The van der Waals surface area contributed by atoms with Gasteiger partial charge in [0.05, 0.1) is 12.3 Å². The summed E-state index contributed by atoms with van der Waals surface area (Å²) in [7, 11) is 0. The molecule has 2 aromatic rings. The lowest BCUT2D eigenvalue weighted by molar-refractivity contribution is 0.328. The van der Waals surface area contributed by atoms with Crippen molar-refractivity contribution in [1.29, 1.82) is 0 Å². The number of hydrogen-bond acceptors (Lipinski definition) is 3. The van der Waals surface area contributed by atoms with E-state index >= 15 is 0 Å². The number of benzene rings is 1. The molecule has 0 aliphatic rings. The first kappa shape index (κ1) is 14.7. The molecule has 0 aliphatic carbocycles. The third-order valence-electron chi connectivity index (χ3n) is 2.91. The molecule has 0 saturated carbocycles. The molecular weight excluding hydrogens is 272 g/mol. The summed E-state index contributed by atoms with van der Waals surface area (Å²) in [6, 6.07) is 12.1. The minimum Gasteiger partial charge on any atom is -0.476 e.